The van der Waals surface area contributed by atoms with E-state index in [0.717, 1.165) is 0 Å². The Kier molecular flexibility index (Phi) is 5.35. The van der Waals surface area contributed by atoms with Crippen LogP contribution in [0.1, 0.15) is 34.1 Å². The van der Waals surface area contributed by atoms with Crippen LogP contribution in [-0.2, 0) is 23.8 Å². The van der Waals surface area contributed by atoms with Gasteiger partial charge in [0.05, 0.1) is 12.1 Å². The Hall–Kier alpha value is -1.79. The summed E-state index contributed by atoms with van der Waals surface area (Å²) in [6.45, 7) is 6.28. The first-order chi connectivity index (χ1) is 9.36. The highest BCUT2D eigenvalue weighted by Gasteiger charge is 2.54. The second-order valence-electron chi connectivity index (χ2n) is 4.77. The minimum absolute atomic E-state index is 0.0801. The lowest BCUT2D eigenvalue weighted by Crippen LogP contribution is -2.39. The number of carbonyl (C=O) groups is 2. The number of nitrogens with zero attached hydrogens (tertiary/aromatic N) is 3. The number of carbonyl (C=O) groups excluding carboxylic acids is 2. The fourth-order valence-electron chi connectivity index (χ4n) is 2.39. The van der Waals surface area contributed by atoms with Gasteiger partial charge in [0.1, 0.15) is 0 Å². The maximum atomic E-state index is 11.2. The molecule has 8 nitrogen and oxygen atoms in total. The summed E-state index contributed by atoms with van der Waals surface area (Å²) in [4.78, 5) is 25.0. The molecule has 4 atom stereocenters. The molecule has 0 N–H and O–H groups in total. The topological polar surface area (TPSA) is 111 Å². The molecule has 0 amide bonds. The Balaban J connectivity index is 3.03. The van der Waals surface area contributed by atoms with Gasteiger partial charge >= 0.3 is 11.9 Å². The molecule has 8 heteroatoms. The van der Waals surface area contributed by atoms with Gasteiger partial charge in [-0.2, -0.15) is 0 Å². The van der Waals surface area contributed by atoms with Crippen molar-refractivity contribution in [1.82, 2.24) is 0 Å². The summed E-state index contributed by atoms with van der Waals surface area (Å²) >= 11 is 0. The predicted molar refractivity (Wildman–Crippen MR) is 68.4 cm³/mol. The summed E-state index contributed by atoms with van der Waals surface area (Å²) in [5.74, 6) is -1.29. The van der Waals surface area contributed by atoms with E-state index in [1.54, 1.807) is 0 Å². The molecular formula is C12H19N3O5. The van der Waals surface area contributed by atoms with Gasteiger partial charge in [-0.1, -0.05) is 19.0 Å². The van der Waals surface area contributed by atoms with Gasteiger partial charge in [0, 0.05) is 24.7 Å². The molecule has 0 aliphatic carbocycles. The molecule has 0 aromatic heterocycles. The largest absolute Gasteiger partial charge is 0.455 e. The van der Waals surface area contributed by atoms with E-state index in [1.165, 1.54) is 13.8 Å². The van der Waals surface area contributed by atoms with Crippen LogP contribution < -0.4 is 0 Å². The second-order valence-corrected chi connectivity index (χ2v) is 4.77. The van der Waals surface area contributed by atoms with E-state index in [4.69, 9.17) is 19.7 Å². The molecule has 1 aliphatic heterocycles. The van der Waals surface area contributed by atoms with Crippen molar-refractivity contribution >= 4 is 11.9 Å². The molecule has 0 saturated carbocycles. The monoisotopic (exact) mass is 285 g/mol. The van der Waals surface area contributed by atoms with Crippen molar-refractivity contribution in [2.75, 3.05) is 6.54 Å². The smallest absolute Gasteiger partial charge is 0.305 e. The van der Waals surface area contributed by atoms with Gasteiger partial charge in [-0.15, -0.1) is 0 Å². The van der Waals surface area contributed by atoms with Gasteiger partial charge in [-0.3, -0.25) is 9.59 Å². The highest BCUT2D eigenvalue weighted by molar-refractivity contribution is 5.67. The normalized spacial score (nSPS) is 32.3. The van der Waals surface area contributed by atoms with E-state index >= 15 is 0 Å². The molecular weight excluding hydrogens is 266 g/mol. The molecule has 0 spiro atoms. The van der Waals surface area contributed by atoms with E-state index in [2.05, 4.69) is 10.0 Å². The van der Waals surface area contributed by atoms with E-state index in [0.29, 0.717) is 6.42 Å². The van der Waals surface area contributed by atoms with Crippen LogP contribution in [-0.4, -0.2) is 36.5 Å². The van der Waals surface area contributed by atoms with Crippen LogP contribution in [0.3, 0.4) is 0 Å². The van der Waals surface area contributed by atoms with Gasteiger partial charge < -0.3 is 14.2 Å². The molecule has 112 valence electrons. The van der Waals surface area contributed by atoms with Gasteiger partial charge in [0.2, 0.25) is 6.29 Å². The average Bonchev–Trinajstić information content (AvgIpc) is 2.61. The molecule has 1 saturated heterocycles. The second kappa shape index (κ2) is 6.58. The first-order valence-corrected chi connectivity index (χ1v) is 6.39. The lowest BCUT2D eigenvalue weighted by atomic mass is 9.85. The van der Waals surface area contributed by atoms with Crippen LogP contribution >= 0.6 is 0 Å². The lowest BCUT2D eigenvalue weighted by molar-refractivity contribution is -0.203. The van der Waals surface area contributed by atoms with Crippen molar-refractivity contribution in [3.63, 3.8) is 0 Å². The van der Waals surface area contributed by atoms with Crippen molar-refractivity contribution in [2.24, 2.45) is 11.0 Å². The molecule has 1 rings (SSSR count). The van der Waals surface area contributed by atoms with Crippen molar-refractivity contribution < 1.29 is 23.8 Å². The highest BCUT2D eigenvalue weighted by atomic mass is 16.7. The fraction of sp³-hybridized carbons (Fsp3) is 0.833. The molecule has 20 heavy (non-hydrogen) atoms. The lowest BCUT2D eigenvalue weighted by Gasteiger charge is -2.30. The number of esters is 2. The average molecular weight is 285 g/mol. The summed E-state index contributed by atoms with van der Waals surface area (Å²) in [5, 5.41) is 3.55. The van der Waals surface area contributed by atoms with Crippen molar-refractivity contribution in [2.45, 2.75) is 52.1 Å². The number of hydrogen-bond donors (Lipinski definition) is 0. The van der Waals surface area contributed by atoms with E-state index in [-0.39, 0.29) is 12.5 Å². The van der Waals surface area contributed by atoms with Crippen LogP contribution in [0, 0.1) is 5.92 Å². The van der Waals surface area contributed by atoms with Crippen LogP contribution in [0.5, 0.6) is 0 Å². The van der Waals surface area contributed by atoms with Crippen molar-refractivity contribution in [3.8, 4) is 0 Å². The predicted octanol–water partition coefficient (Wildman–Crippen LogP) is 1.93. The van der Waals surface area contributed by atoms with Crippen molar-refractivity contribution in [1.29, 1.82) is 0 Å². The zero-order valence-electron chi connectivity index (χ0n) is 12.0. The number of azide groups is 1. The van der Waals surface area contributed by atoms with Gasteiger partial charge in [-0.25, -0.2) is 0 Å². The minimum Gasteiger partial charge on any atom is -0.455 e. The Labute approximate surface area is 117 Å². The molecule has 1 aliphatic rings. The summed E-state index contributed by atoms with van der Waals surface area (Å²) in [6.07, 6.45) is -1.17. The molecule has 1 fully saturated rings. The highest BCUT2D eigenvalue weighted by Crippen LogP contribution is 2.41. The fourth-order valence-corrected chi connectivity index (χ4v) is 2.39. The standard InChI is InChI=1S/C12H19N3O5/c1-5-12(6-14-15-13)7(2)10(18-8(3)16)11(20-12)19-9(4)17/h7,10-11H,5-6H2,1-4H3/t7-,10+,11?,12-/m0/s1. The van der Waals surface area contributed by atoms with Gasteiger partial charge in [0.15, 0.2) is 6.10 Å². The maximum Gasteiger partial charge on any atom is 0.305 e. The van der Waals surface area contributed by atoms with Crippen LogP contribution in [0.2, 0.25) is 0 Å². The summed E-state index contributed by atoms with van der Waals surface area (Å²) in [7, 11) is 0. The van der Waals surface area contributed by atoms with Gasteiger partial charge in [-0.05, 0) is 12.0 Å². The van der Waals surface area contributed by atoms with E-state index < -0.39 is 29.9 Å². The third-order valence-electron chi connectivity index (χ3n) is 3.53. The van der Waals surface area contributed by atoms with Crippen LogP contribution in [0.4, 0.5) is 0 Å². The Morgan fingerprint density at radius 2 is 1.95 bits per heavy atom. The number of ether oxygens (including phenoxy) is 3. The Bertz CT molecular complexity index is 435. The molecule has 0 radical (unpaired) electrons. The number of rotatable bonds is 5. The maximum absolute atomic E-state index is 11.2. The first-order valence-electron chi connectivity index (χ1n) is 6.39. The Morgan fingerprint density at radius 1 is 1.35 bits per heavy atom. The zero-order valence-corrected chi connectivity index (χ0v) is 12.0. The molecule has 0 bridgehead atoms. The summed E-state index contributed by atoms with van der Waals surface area (Å²) in [5.41, 5.74) is 7.66. The molecule has 1 unspecified atom stereocenters. The number of hydrogen-bond acceptors (Lipinski definition) is 6. The SMILES string of the molecule is CC[C@@]1(CN=[N+]=[N-])OC(OC(C)=O)[C@H](OC(C)=O)[C@@H]1C. The van der Waals surface area contributed by atoms with Gasteiger partial charge in [0.25, 0.3) is 0 Å². The van der Waals surface area contributed by atoms with Crippen LogP contribution in [0.15, 0.2) is 5.11 Å². The molecule has 1 heterocycles. The molecule has 0 aromatic carbocycles. The summed E-state index contributed by atoms with van der Waals surface area (Å²) in [6, 6.07) is 0. The van der Waals surface area contributed by atoms with E-state index in [1.807, 2.05) is 13.8 Å². The third kappa shape index (κ3) is 3.40. The quantitative estimate of drug-likeness (QED) is 0.331. The Morgan fingerprint density at radius 3 is 2.40 bits per heavy atom. The van der Waals surface area contributed by atoms with Crippen LogP contribution in [0.25, 0.3) is 10.4 Å². The zero-order chi connectivity index (χ0) is 15.3. The third-order valence-corrected chi connectivity index (χ3v) is 3.53. The minimum atomic E-state index is -0.986. The van der Waals surface area contributed by atoms with E-state index in [9.17, 15) is 9.59 Å². The first kappa shape index (κ1) is 16.3. The molecule has 0 aromatic rings. The van der Waals surface area contributed by atoms with Crippen molar-refractivity contribution in [3.05, 3.63) is 10.4 Å². The summed E-state index contributed by atoms with van der Waals surface area (Å²) < 4.78 is 16.0.